The molecule has 0 fully saturated rings. The van der Waals surface area contributed by atoms with Crippen molar-refractivity contribution in [3.63, 3.8) is 0 Å². The summed E-state index contributed by atoms with van der Waals surface area (Å²) in [5.41, 5.74) is 1.69. The first-order chi connectivity index (χ1) is 10.0. The molecule has 0 saturated heterocycles. The van der Waals surface area contributed by atoms with E-state index in [0.717, 1.165) is 6.08 Å². The average molecular weight is 301 g/mol. The Balaban J connectivity index is 2.12. The van der Waals surface area contributed by atoms with E-state index >= 15 is 0 Å². The van der Waals surface area contributed by atoms with Crippen molar-refractivity contribution in [2.45, 2.75) is 0 Å². The number of hydrogen-bond acceptors (Lipinski definition) is 3. The van der Waals surface area contributed by atoms with E-state index in [1.807, 2.05) is 0 Å². The molecule has 2 aromatic rings. The Hall–Kier alpha value is -2.59. The highest BCUT2D eigenvalue weighted by Crippen LogP contribution is 2.15. The summed E-state index contributed by atoms with van der Waals surface area (Å²) in [5.74, 6) is -1.54. The molecule has 2 rings (SSSR count). The van der Waals surface area contributed by atoms with Gasteiger partial charge in [-0.05, 0) is 48.0 Å². The van der Waals surface area contributed by atoms with Gasteiger partial charge in [0, 0.05) is 16.3 Å². The number of aliphatic carboxylic acids is 1. The van der Waals surface area contributed by atoms with Crippen LogP contribution in [0.4, 0.5) is 5.69 Å². The fraction of sp³-hybridized carbons (Fsp3) is 0. The van der Waals surface area contributed by atoms with Gasteiger partial charge >= 0.3 is 0 Å². The van der Waals surface area contributed by atoms with Crippen molar-refractivity contribution in [3.8, 4) is 0 Å². The van der Waals surface area contributed by atoms with E-state index in [9.17, 15) is 14.7 Å². The van der Waals surface area contributed by atoms with Crippen LogP contribution in [0.3, 0.4) is 0 Å². The van der Waals surface area contributed by atoms with E-state index in [1.165, 1.54) is 6.08 Å². The van der Waals surface area contributed by atoms with Crippen molar-refractivity contribution in [2.24, 2.45) is 0 Å². The maximum atomic E-state index is 12.0. The van der Waals surface area contributed by atoms with Crippen LogP contribution < -0.4 is 10.4 Å². The minimum Gasteiger partial charge on any atom is -0.545 e. The molecule has 0 radical (unpaired) electrons. The molecule has 0 aromatic heterocycles. The lowest BCUT2D eigenvalue weighted by Gasteiger charge is -2.06. The van der Waals surface area contributed by atoms with Crippen LogP contribution in [0.5, 0.6) is 0 Å². The second-order valence-electron chi connectivity index (χ2n) is 4.24. The lowest BCUT2D eigenvalue weighted by atomic mass is 10.1. The van der Waals surface area contributed by atoms with E-state index in [4.69, 9.17) is 11.6 Å². The number of amides is 1. The Kier molecular flexibility index (Phi) is 4.74. The molecular formula is C16H11ClNO3-. The van der Waals surface area contributed by atoms with Crippen LogP contribution in [0.1, 0.15) is 15.9 Å². The lowest BCUT2D eigenvalue weighted by molar-refractivity contribution is -0.297. The van der Waals surface area contributed by atoms with Gasteiger partial charge in [0.2, 0.25) is 0 Å². The van der Waals surface area contributed by atoms with Crippen LogP contribution in [0.25, 0.3) is 6.08 Å². The zero-order chi connectivity index (χ0) is 15.2. The molecule has 0 atom stereocenters. The Morgan fingerprint density at radius 3 is 2.48 bits per heavy atom. The van der Waals surface area contributed by atoms with Crippen molar-refractivity contribution in [1.29, 1.82) is 0 Å². The third-order valence-corrected chi connectivity index (χ3v) is 2.91. The summed E-state index contributed by atoms with van der Waals surface area (Å²) < 4.78 is 0. The van der Waals surface area contributed by atoms with Crippen LogP contribution >= 0.6 is 11.6 Å². The number of carboxylic acids is 1. The Morgan fingerprint density at radius 2 is 1.81 bits per heavy atom. The fourth-order valence-corrected chi connectivity index (χ4v) is 1.81. The first kappa shape index (κ1) is 14.8. The summed E-state index contributed by atoms with van der Waals surface area (Å²) >= 11 is 5.77. The Labute approximate surface area is 126 Å². The van der Waals surface area contributed by atoms with Crippen molar-refractivity contribution in [2.75, 3.05) is 5.32 Å². The molecule has 0 spiro atoms. The van der Waals surface area contributed by atoms with Gasteiger partial charge < -0.3 is 15.2 Å². The van der Waals surface area contributed by atoms with Gasteiger partial charge in [-0.1, -0.05) is 29.8 Å². The number of carbonyl (C=O) groups excluding carboxylic acids is 2. The first-order valence-electron chi connectivity index (χ1n) is 6.10. The summed E-state index contributed by atoms with van der Waals surface area (Å²) in [5, 5.41) is 13.7. The molecule has 0 aliphatic rings. The summed E-state index contributed by atoms with van der Waals surface area (Å²) in [4.78, 5) is 22.4. The summed E-state index contributed by atoms with van der Waals surface area (Å²) in [7, 11) is 0. The van der Waals surface area contributed by atoms with Gasteiger partial charge in [-0.2, -0.15) is 0 Å². The minimum atomic E-state index is -1.27. The molecule has 0 aliphatic carbocycles. The zero-order valence-corrected chi connectivity index (χ0v) is 11.6. The quantitative estimate of drug-likeness (QED) is 0.881. The smallest absolute Gasteiger partial charge is 0.255 e. The van der Waals surface area contributed by atoms with Crippen LogP contribution in [-0.2, 0) is 4.79 Å². The molecular weight excluding hydrogens is 290 g/mol. The van der Waals surface area contributed by atoms with E-state index in [-0.39, 0.29) is 5.91 Å². The molecule has 0 unspecified atom stereocenters. The highest BCUT2D eigenvalue weighted by Gasteiger charge is 2.05. The standard InChI is InChI=1S/C16H12ClNO3/c17-13-7-5-12(6-8-13)16(21)18-14-3-1-2-11(10-14)4-9-15(19)20/h1-10H,(H,18,21)(H,19,20)/p-1/b9-4+. The third-order valence-electron chi connectivity index (χ3n) is 2.66. The van der Waals surface area contributed by atoms with Crippen LogP contribution in [0.15, 0.2) is 54.6 Å². The number of hydrogen-bond donors (Lipinski definition) is 1. The van der Waals surface area contributed by atoms with Gasteiger partial charge in [-0.15, -0.1) is 0 Å². The highest BCUT2D eigenvalue weighted by atomic mass is 35.5. The first-order valence-corrected chi connectivity index (χ1v) is 6.48. The van der Waals surface area contributed by atoms with Gasteiger partial charge in [-0.3, -0.25) is 4.79 Å². The van der Waals surface area contributed by atoms with Crippen molar-refractivity contribution < 1.29 is 14.7 Å². The van der Waals surface area contributed by atoms with Crippen LogP contribution in [-0.4, -0.2) is 11.9 Å². The number of halogens is 1. The molecule has 0 heterocycles. The number of carbonyl (C=O) groups is 2. The predicted octanol–water partition coefficient (Wildman–Crippen LogP) is 2.36. The minimum absolute atomic E-state index is 0.271. The van der Waals surface area contributed by atoms with Gasteiger partial charge in [0.15, 0.2) is 0 Å². The highest BCUT2D eigenvalue weighted by molar-refractivity contribution is 6.30. The second kappa shape index (κ2) is 6.72. The second-order valence-corrected chi connectivity index (χ2v) is 4.68. The summed E-state index contributed by atoms with van der Waals surface area (Å²) in [6, 6.07) is 13.3. The maximum absolute atomic E-state index is 12.0. The number of carboxylic acid groups (broad SMARTS) is 1. The maximum Gasteiger partial charge on any atom is 0.255 e. The monoisotopic (exact) mass is 300 g/mol. The molecule has 1 amide bonds. The van der Waals surface area contributed by atoms with E-state index < -0.39 is 5.97 Å². The molecule has 2 aromatic carbocycles. The largest absolute Gasteiger partial charge is 0.545 e. The lowest BCUT2D eigenvalue weighted by Crippen LogP contribution is -2.18. The number of anilines is 1. The average Bonchev–Trinajstić information content (AvgIpc) is 2.46. The van der Waals surface area contributed by atoms with Crippen molar-refractivity contribution in [1.82, 2.24) is 0 Å². The number of nitrogens with one attached hydrogen (secondary N) is 1. The molecule has 0 aliphatic heterocycles. The van der Waals surface area contributed by atoms with E-state index in [2.05, 4.69) is 5.32 Å². The van der Waals surface area contributed by atoms with Crippen LogP contribution in [0.2, 0.25) is 5.02 Å². The van der Waals surface area contributed by atoms with Gasteiger partial charge in [0.05, 0.1) is 5.97 Å². The normalized spacial score (nSPS) is 10.5. The molecule has 5 heteroatoms. The molecule has 0 bridgehead atoms. The van der Waals surface area contributed by atoms with Crippen molar-refractivity contribution >= 4 is 35.2 Å². The molecule has 106 valence electrons. The van der Waals surface area contributed by atoms with E-state index in [1.54, 1.807) is 48.5 Å². The van der Waals surface area contributed by atoms with Crippen molar-refractivity contribution in [3.05, 3.63) is 70.8 Å². The molecule has 1 N–H and O–H groups in total. The third kappa shape index (κ3) is 4.47. The fourth-order valence-electron chi connectivity index (χ4n) is 1.69. The van der Waals surface area contributed by atoms with Gasteiger partial charge in [0.25, 0.3) is 5.91 Å². The Bertz CT molecular complexity index is 693. The van der Waals surface area contributed by atoms with Crippen LogP contribution in [0, 0.1) is 0 Å². The SMILES string of the molecule is O=C([O-])/C=C/c1cccc(NC(=O)c2ccc(Cl)cc2)c1. The zero-order valence-electron chi connectivity index (χ0n) is 10.9. The number of benzene rings is 2. The van der Waals surface area contributed by atoms with Gasteiger partial charge in [-0.25, -0.2) is 0 Å². The van der Waals surface area contributed by atoms with Gasteiger partial charge in [0.1, 0.15) is 0 Å². The topological polar surface area (TPSA) is 69.2 Å². The summed E-state index contributed by atoms with van der Waals surface area (Å²) in [6.07, 6.45) is 2.33. The number of rotatable bonds is 4. The van der Waals surface area contributed by atoms with E-state index in [0.29, 0.717) is 21.8 Å². The molecule has 0 saturated carbocycles. The predicted molar refractivity (Wildman–Crippen MR) is 79.9 cm³/mol. The Morgan fingerprint density at radius 1 is 1.10 bits per heavy atom. The molecule has 4 nitrogen and oxygen atoms in total. The summed E-state index contributed by atoms with van der Waals surface area (Å²) in [6.45, 7) is 0. The molecule has 21 heavy (non-hydrogen) atoms.